The van der Waals surface area contributed by atoms with E-state index in [2.05, 4.69) is 0 Å². The van der Waals surface area contributed by atoms with Gasteiger partial charge in [0, 0.05) is 17.8 Å². The van der Waals surface area contributed by atoms with Gasteiger partial charge in [-0.1, -0.05) is 60.7 Å². The molecule has 0 saturated heterocycles. The molecule has 0 unspecified atom stereocenters. The third-order valence-corrected chi connectivity index (χ3v) is 4.67. The fraction of sp³-hybridized carbons (Fsp3) is 0.0769. The van der Waals surface area contributed by atoms with Crippen LogP contribution in [0.5, 0.6) is 11.5 Å². The van der Waals surface area contributed by atoms with Crippen LogP contribution in [-0.2, 0) is 13.2 Å². The summed E-state index contributed by atoms with van der Waals surface area (Å²) in [7, 11) is 0. The van der Waals surface area contributed by atoms with Gasteiger partial charge in [-0.2, -0.15) is 0 Å². The maximum absolute atomic E-state index is 13.5. The Morgan fingerprint density at radius 2 is 1.03 bits per heavy atom. The van der Waals surface area contributed by atoms with Crippen molar-refractivity contribution in [3.05, 3.63) is 129 Å². The van der Waals surface area contributed by atoms with E-state index in [0.29, 0.717) is 12.1 Å². The fourth-order valence-electron chi connectivity index (χ4n) is 2.97. The highest BCUT2D eigenvalue weighted by molar-refractivity contribution is 5.44. The number of ether oxygens (including phenoxy) is 2. The highest BCUT2D eigenvalue weighted by atomic mass is 19.1. The van der Waals surface area contributed by atoms with Crippen molar-refractivity contribution >= 4 is 11.4 Å². The first-order chi connectivity index (χ1) is 17.2. The second kappa shape index (κ2) is 12.2. The molecule has 6 nitrogen and oxygen atoms in total. The summed E-state index contributed by atoms with van der Waals surface area (Å²) in [6, 6.07) is 21.3. The molecule has 0 aliphatic rings. The van der Waals surface area contributed by atoms with Gasteiger partial charge in [-0.05, 0) is 11.1 Å². The third-order valence-electron chi connectivity index (χ3n) is 4.67. The zero-order valence-corrected chi connectivity index (χ0v) is 18.7. The molecule has 0 aliphatic heterocycles. The van der Waals surface area contributed by atoms with Gasteiger partial charge in [0.1, 0.15) is 13.2 Å². The van der Waals surface area contributed by atoms with Crippen molar-refractivity contribution in [3.63, 3.8) is 0 Å². The lowest BCUT2D eigenvalue weighted by Crippen LogP contribution is -2.01. The summed E-state index contributed by atoms with van der Waals surface area (Å²) < 4.78 is 63.9. The first kappa shape index (κ1) is 26.0. The third kappa shape index (κ3) is 7.20. The number of non-ortho nitro benzene ring substituents is 1. The first-order valence-corrected chi connectivity index (χ1v) is 10.5. The molecule has 0 bridgehead atoms. The van der Waals surface area contributed by atoms with Crippen molar-refractivity contribution in [3.8, 4) is 11.5 Å². The molecule has 0 aliphatic carbocycles. The van der Waals surface area contributed by atoms with Gasteiger partial charge in [0.25, 0.3) is 5.69 Å². The average Bonchev–Trinajstić information content (AvgIpc) is 2.84. The van der Waals surface area contributed by atoms with Crippen LogP contribution in [0.15, 0.2) is 84.9 Å². The maximum atomic E-state index is 13.5. The Morgan fingerprint density at radius 1 is 0.667 bits per heavy atom. The molecular formula is C26H20F4N2O4. The van der Waals surface area contributed by atoms with Crippen molar-refractivity contribution in [2.45, 2.75) is 13.2 Å². The van der Waals surface area contributed by atoms with Crippen molar-refractivity contribution in [2.75, 3.05) is 5.73 Å². The SMILES string of the molecule is Nc1cc(F)c(OCc2ccccc2)c(F)c1.O=[N+]([O-])c1cc(F)c(OCc2ccccc2)c(F)c1. The number of halogens is 4. The minimum absolute atomic E-state index is 0.0213. The van der Waals surface area contributed by atoms with Crippen LogP contribution >= 0.6 is 0 Å². The van der Waals surface area contributed by atoms with Crippen LogP contribution in [-0.4, -0.2) is 4.92 Å². The predicted octanol–water partition coefficient (Wildman–Crippen LogP) is 6.58. The van der Waals surface area contributed by atoms with E-state index in [1.165, 1.54) is 0 Å². The van der Waals surface area contributed by atoms with E-state index in [-0.39, 0.29) is 18.9 Å². The second-order valence-corrected chi connectivity index (χ2v) is 7.36. The molecule has 0 heterocycles. The number of benzene rings is 4. The van der Waals surface area contributed by atoms with E-state index < -0.39 is 45.4 Å². The van der Waals surface area contributed by atoms with E-state index in [0.717, 1.165) is 23.3 Å². The van der Waals surface area contributed by atoms with E-state index in [1.54, 1.807) is 30.3 Å². The zero-order chi connectivity index (χ0) is 26.1. The van der Waals surface area contributed by atoms with Gasteiger partial charge >= 0.3 is 0 Å². The number of anilines is 1. The lowest BCUT2D eigenvalue weighted by Gasteiger charge is -2.08. The zero-order valence-electron chi connectivity index (χ0n) is 18.7. The highest BCUT2D eigenvalue weighted by Gasteiger charge is 2.18. The van der Waals surface area contributed by atoms with Gasteiger partial charge in [0.05, 0.1) is 17.1 Å². The van der Waals surface area contributed by atoms with Crippen molar-refractivity contribution in [1.29, 1.82) is 0 Å². The Morgan fingerprint density at radius 3 is 1.39 bits per heavy atom. The molecule has 0 saturated carbocycles. The van der Waals surface area contributed by atoms with Crippen LogP contribution in [0.3, 0.4) is 0 Å². The summed E-state index contributed by atoms with van der Waals surface area (Å²) in [5.74, 6) is -4.79. The van der Waals surface area contributed by atoms with Gasteiger partial charge in [-0.3, -0.25) is 10.1 Å². The molecule has 0 spiro atoms. The van der Waals surface area contributed by atoms with Gasteiger partial charge < -0.3 is 15.2 Å². The van der Waals surface area contributed by atoms with E-state index in [9.17, 15) is 27.7 Å². The number of nitro benzene ring substituents is 1. The summed E-state index contributed by atoms with van der Waals surface area (Å²) in [6.07, 6.45) is 0. The molecule has 0 amide bonds. The Hall–Kier alpha value is -4.60. The standard InChI is InChI=1S/C13H9F2NO3.C13H11F2NO/c14-11-6-10(16(17)18)7-12(15)13(11)19-8-9-4-2-1-3-5-9;14-11-6-10(16)7-12(15)13(11)17-8-9-4-2-1-3-5-9/h1-7H,8H2;1-7H,8,16H2. The second-order valence-electron chi connectivity index (χ2n) is 7.36. The Bertz CT molecular complexity index is 1280. The van der Waals surface area contributed by atoms with Crippen LogP contribution in [0, 0.1) is 33.4 Å². The number of rotatable bonds is 7. The number of nitrogens with zero attached hydrogens (tertiary/aromatic N) is 1. The van der Waals surface area contributed by atoms with Crippen LogP contribution in [0.1, 0.15) is 11.1 Å². The molecule has 0 aromatic heterocycles. The molecule has 10 heteroatoms. The molecule has 0 atom stereocenters. The topological polar surface area (TPSA) is 87.6 Å². The molecule has 4 rings (SSSR count). The summed E-state index contributed by atoms with van der Waals surface area (Å²) in [6.45, 7) is 0.0884. The fourth-order valence-corrected chi connectivity index (χ4v) is 2.97. The summed E-state index contributed by atoms with van der Waals surface area (Å²) in [5.41, 5.74) is 6.26. The van der Waals surface area contributed by atoms with Gasteiger partial charge in [-0.15, -0.1) is 0 Å². The molecule has 186 valence electrons. The Kier molecular flexibility index (Phi) is 8.82. The predicted molar refractivity (Wildman–Crippen MR) is 125 cm³/mol. The normalized spacial score (nSPS) is 10.2. The lowest BCUT2D eigenvalue weighted by atomic mass is 10.2. The van der Waals surface area contributed by atoms with Crippen LogP contribution in [0.4, 0.5) is 28.9 Å². The molecule has 4 aromatic rings. The number of hydrogen-bond acceptors (Lipinski definition) is 5. The summed E-state index contributed by atoms with van der Waals surface area (Å²) in [4.78, 5) is 9.56. The van der Waals surface area contributed by atoms with Crippen molar-refractivity contribution in [2.24, 2.45) is 0 Å². The van der Waals surface area contributed by atoms with E-state index in [4.69, 9.17) is 15.2 Å². The Balaban J connectivity index is 0.000000202. The quantitative estimate of drug-likeness (QED) is 0.134. The van der Waals surface area contributed by atoms with Crippen LogP contribution < -0.4 is 15.2 Å². The summed E-state index contributed by atoms with van der Waals surface area (Å²) in [5, 5.41) is 10.4. The molecule has 4 aromatic carbocycles. The van der Waals surface area contributed by atoms with Gasteiger partial charge in [0.15, 0.2) is 34.8 Å². The smallest absolute Gasteiger partial charge is 0.275 e. The van der Waals surface area contributed by atoms with Crippen molar-refractivity contribution < 1.29 is 32.0 Å². The molecule has 36 heavy (non-hydrogen) atoms. The maximum Gasteiger partial charge on any atom is 0.275 e. The number of hydrogen-bond donors (Lipinski definition) is 1. The van der Waals surface area contributed by atoms with Gasteiger partial charge in [0.2, 0.25) is 0 Å². The molecule has 0 radical (unpaired) electrons. The molecule has 0 fully saturated rings. The highest BCUT2D eigenvalue weighted by Crippen LogP contribution is 2.28. The number of nitrogen functional groups attached to an aromatic ring is 1. The van der Waals surface area contributed by atoms with E-state index >= 15 is 0 Å². The number of nitrogens with two attached hydrogens (primary N) is 1. The summed E-state index contributed by atoms with van der Waals surface area (Å²) >= 11 is 0. The average molecular weight is 500 g/mol. The first-order valence-electron chi connectivity index (χ1n) is 10.5. The number of nitro groups is 1. The van der Waals surface area contributed by atoms with Crippen LogP contribution in [0.25, 0.3) is 0 Å². The van der Waals surface area contributed by atoms with Crippen LogP contribution in [0.2, 0.25) is 0 Å². The minimum Gasteiger partial charge on any atom is -0.483 e. The minimum atomic E-state index is -1.09. The Labute approximate surface area is 203 Å². The lowest BCUT2D eigenvalue weighted by molar-refractivity contribution is -0.385. The molecule has 2 N–H and O–H groups in total. The van der Waals surface area contributed by atoms with Gasteiger partial charge in [-0.25, -0.2) is 17.6 Å². The largest absolute Gasteiger partial charge is 0.483 e. The van der Waals surface area contributed by atoms with Crippen molar-refractivity contribution in [1.82, 2.24) is 0 Å². The van der Waals surface area contributed by atoms with E-state index in [1.807, 2.05) is 30.3 Å². The monoisotopic (exact) mass is 500 g/mol. The molecular weight excluding hydrogens is 480 g/mol.